The molecule has 0 spiro atoms. The van der Waals surface area contributed by atoms with E-state index in [2.05, 4.69) is 27.5 Å². The van der Waals surface area contributed by atoms with Crippen LogP contribution < -0.4 is 10.6 Å². The number of carbonyl (C=O) groups excluding carboxylic acids is 2. The van der Waals surface area contributed by atoms with Crippen molar-refractivity contribution < 1.29 is 14.3 Å². The Balaban J connectivity index is 1.42. The summed E-state index contributed by atoms with van der Waals surface area (Å²) in [7, 11) is 1.43. The first-order valence-electron chi connectivity index (χ1n) is 10.5. The van der Waals surface area contributed by atoms with Crippen molar-refractivity contribution in [3.63, 3.8) is 0 Å². The standard InChI is InChI=1S/C23H32N2O3/c1-28-22(26)12-8-3-2-7-11-20-17-13-14-18(15-17)21(20)16-24-23(27)25-19-9-5-4-6-10-19/h2,4-7,9-10,17-18,20-21H,3,8,11-16H2,1H3,(H2,24,25,27). The molecular weight excluding hydrogens is 352 g/mol. The highest BCUT2D eigenvalue weighted by Crippen LogP contribution is 2.53. The first-order chi connectivity index (χ1) is 13.7. The highest BCUT2D eigenvalue weighted by Gasteiger charge is 2.46. The van der Waals surface area contributed by atoms with Gasteiger partial charge in [-0.1, -0.05) is 30.4 Å². The van der Waals surface area contributed by atoms with Gasteiger partial charge >= 0.3 is 12.0 Å². The minimum absolute atomic E-state index is 0.119. The molecule has 2 aliphatic rings. The monoisotopic (exact) mass is 384 g/mol. The number of allylic oxidation sites excluding steroid dienone is 2. The molecule has 0 aliphatic heterocycles. The predicted octanol–water partition coefficient (Wildman–Crippen LogP) is 4.76. The molecule has 2 amide bonds. The van der Waals surface area contributed by atoms with Gasteiger partial charge in [0.2, 0.25) is 0 Å². The topological polar surface area (TPSA) is 67.4 Å². The number of para-hydroxylation sites is 1. The maximum absolute atomic E-state index is 12.2. The molecule has 1 aromatic rings. The number of nitrogens with one attached hydrogen (secondary N) is 2. The van der Waals surface area contributed by atoms with Gasteiger partial charge in [-0.25, -0.2) is 4.79 Å². The summed E-state index contributed by atoms with van der Waals surface area (Å²) in [5.41, 5.74) is 0.819. The smallest absolute Gasteiger partial charge is 0.319 e. The Kier molecular flexibility index (Phi) is 7.52. The van der Waals surface area contributed by atoms with Gasteiger partial charge in [-0.15, -0.1) is 0 Å². The number of benzene rings is 1. The van der Waals surface area contributed by atoms with Crippen LogP contribution in [0.15, 0.2) is 42.5 Å². The fraction of sp³-hybridized carbons (Fsp3) is 0.565. The Morgan fingerprint density at radius 2 is 1.86 bits per heavy atom. The zero-order valence-corrected chi connectivity index (χ0v) is 16.7. The van der Waals surface area contributed by atoms with E-state index in [1.165, 1.54) is 26.4 Å². The lowest BCUT2D eigenvalue weighted by atomic mass is 9.77. The van der Waals surface area contributed by atoms with Gasteiger partial charge in [0, 0.05) is 18.7 Å². The van der Waals surface area contributed by atoms with E-state index in [9.17, 15) is 9.59 Å². The number of anilines is 1. The molecule has 2 aliphatic carbocycles. The number of unbranched alkanes of at least 4 members (excludes halogenated alkanes) is 1. The molecular formula is C23H32N2O3. The van der Waals surface area contributed by atoms with Crippen LogP contribution in [0.5, 0.6) is 0 Å². The Morgan fingerprint density at radius 3 is 2.61 bits per heavy atom. The third-order valence-electron chi connectivity index (χ3n) is 6.36. The first kappa shape index (κ1) is 20.4. The van der Waals surface area contributed by atoms with Crippen molar-refractivity contribution in [2.24, 2.45) is 23.7 Å². The summed E-state index contributed by atoms with van der Waals surface area (Å²) in [5, 5.41) is 6.00. The van der Waals surface area contributed by atoms with Crippen LogP contribution in [0.3, 0.4) is 0 Å². The number of hydrogen-bond donors (Lipinski definition) is 2. The maximum Gasteiger partial charge on any atom is 0.319 e. The molecule has 2 bridgehead atoms. The van der Waals surface area contributed by atoms with Gasteiger partial charge in [0.25, 0.3) is 0 Å². The summed E-state index contributed by atoms with van der Waals surface area (Å²) in [6.45, 7) is 0.751. The number of methoxy groups -OCH3 is 1. The van der Waals surface area contributed by atoms with Gasteiger partial charge in [0.15, 0.2) is 0 Å². The van der Waals surface area contributed by atoms with Crippen molar-refractivity contribution >= 4 is 17.7 Å². The van der Waals surface area contributed by atoms with Gasteiger partial charge in [-0.05, 0) is 74.3 Å². The normalized spacial score (nSPS) is 25.8. The molecule has 2 N–H and O–H groups in total. The van der Waals surface area contributed by atoms with E-state index in [1.54, 1.807) is 0 Å². The number of esters is 1. The van der Waals surface area contributed by atoms with Crippen molar-refractivity contribution in [2.75, 3.05) is 19.0 Å². The molecule has 28 heavy (non-hydrogen) atoms. The second kappa shape index (κ2) is 10.3. The van der Waals surface area contributed by atoms with E-state index in [1.807, 2.05) is 30.3 Å². The fourth-order valence-electron chi connectivity index (χ4n) is 4.96. The van der Waals surface area contributed by atoms with Crippen molar-refractivity contribution in [1.82, 2.24) is 5.32 Å². The number of carbonyl (C=O) groups is 2. The molecule has 2 fully saturated rings. The van der Waals surface area contributed by atoms with E-state index in [0.717, 1.165) is 43.3 Å². The predicted molar refractivity (Wildman–Crippen MR) is 111 cm³/mol. The molecule has 4 unspecified atom stereocenters. The number of rotatable bonds is 9. The Bertz CT molecular complexity index is 674. The minimum Gasteiger partial charge on any atom is -0.469 e. The summed E-state index contributed by atoms with van der Waals surface area (Å²) in [6, 6.07) is 9.44. The minimum atomic E-state index is -0.138. The number of urea groups is 1. The van der Waals surface area contributed by atoms with Gasteiger partial charge in [0.05, 0.1) is 7.11 Å². The molecule has 5 heteroatoms. The number of hydrogen-bond acceptors (Lipinski definition) is 3. The third-order valence-corrected chi connectivity index (χ3v) is 6.36. The van der Waals surface area contributed by atoms with Crippen molar-refractivity contribution in [1.29, 1.82) is 0 Å². The van der Waals surface area contributed by atoms with Crippen molar-refractivity contribution in [2.45, 2.75) is 44.9 Å². The van der Waals surface area contributed by atoms with Gasteiger partial charge < -0.3 is 15.4 Å². The van der Waals surface area contributed by atoms with Gasteiger partial charge in [0.1, 0.15) is 0 Å². The van der Waals surface area contributed by atoms with Crippen LogP contribution in [0, 0.1) is 23.7 Å². The van der Waals surface area contributed by atoms with Crippen LogP contribution in [0.2, 0.25) is 0 Å². The molecule has 4 atom stereocenters. The Hall–Kier alpha value is -2.30. The van der Waals surface area contributed by atoms with Crippen LogP contribution >= 0.6 is 0 Å². The number of ether oxygens (including phenoxy) is 1. The van der Waals surface area contributed by atoms with Crippen LogP contribution in [-0.2, 0) is 9.53 Å². The lowest BCUT2D eigenvalue weighted by Gasteiger charge is -2.30. The summed E-state index contributed by atoms with van der Waals surface area (Å²) < 4.78 is 4.67. The van der Waals surface area contributed by atoms with Crippen LogP contribution in [0.25, 0.3) is 0 Å². The van der Waals surface area contributed by atoms with Crippen molar-refractivity contribution in [3.8, 4) is 0 Å². The van der Waals surface area contributed by atoms with Crippen LogP contribution in [0.1, 0.15) is 44.9 Å². The zero-order chi connectivity index (χ0) is 19.8. The first-order valence-corrected chi connectivity index (χ1v) is 10.5. The average Bonchev–Trinajstić information content (AvgIpc) is 3.31. The third kappa shape index (κ3) is 5.60. The second-order valence-electron chi connectivity index (χ2n) is 8.04. The maximum atomic E-state index is 12.2. The molecule has 0 heterocycles. The number of amides is 2. The average molecular weight is 385 g/mol. The quantitative estimate of drug-likeness (QED) is 0.366. The fourth-order valence-corrected chi connectivity index (χ4v) is 4.96. The summed E-state index contributed by atoms with van der Waals surface area (Å²) >= 11 is 0. The van der Waals surface area contributed by atoms with Crippen molar-refractivity contribution in [3.05, 3.63) is 42.5 Å². The molecule has 0 aromatic heterocycles. The Morgan fingerprint density at radius 1 is 1.11 bits per heavy atom. The van der Waals surface area contributed by atoms with E-state index in [-0.39, 0.29) is 12.0 Å². The molecule has 1 aromatic carbocycles. The molecule has 3 rings (SSSR count). The highest BCUT2D eigenvalue weighted by atomic mass is 16.5. The molecule has 0 radical (unpaired) electrons. The summed E-state index contributed by atoms with van der Waals surface area (Å²) in [4.78, 5) is 23.4. The van der Waals surface area contributed by atoms with E-state index in [4.69, 9.17) is 0 Å². The SMILES string of the molecule is COC(=O)CCCC=CCC1C2CCC(C2)C1CNC(=O)Nc1ccccc1. The van der Waals surface area contributed by atoms with E-state index in [0.29, 0.717) is 18.3 Å². The lowest BCUT2D eigenvalue weighted by Crippen LogP contribution is -2.37. The molecule has 2 saturated carbocycles. The molecule has 5 nitrogen and oxygen atoms in total. The highest BCUT2D eigenvalue weighted by molar-refractivity contribution is 5.89. The van der Waals surface area contributed by atoms with Gasteiger partial charge in [-0.3, -0.25) is 4.79 Å². The van der Waals surface area contributed by atoms with Crippen LogP contribution in [0.4, 0.5) is 10.5 Å². The second-order valence-corrected chi connectivity index (χ2v) is 8.04. The summed E-state index contributed by atoms with van der Waals surface area (Å²) in [6.07, 6.45) is 11.7. The number of fused-ring (bicyclic) bond motifs is 2. The zero-order valence-electron chi connectivity index (χ0n) is 16.7. The van der Waals surface area contributed by atoms with Crippen LogP contribution in [-0.4, -0.2) is 25.7 Å². The lowest BCUT2D eigenvalue weighted by molar-refractivity contribution is -0.140. The van der Waals surface area contributed by atoms with E-state index >= 15 is 0 Å². The molecule has 0 saturated heterocycles. The molecule has 152 valence electrons. The van der Waals surface area contributed by atoms with E-state index < -0.39 is 0 Å². The Labute approximate surface area is 167 Å². The largest absolute Gasteiger partial charge is 0.469 e. The summed E-state index contributed by atoms with van der Waals surface area (Å²) in [5.74, 6) is 2.64. The van der Waals surface area contributed by atoms with Gasteiger partial charge in [-0.2, -0.15) is 0 Å².